The molecule has 0 saturated carbocycles. The Labute approximate surface area is 183 Å². The number of hydrogen-bond acceptors (Lipinski definition) is 6. The molecule has 0 spiro atoms. The summed E-state index contributed by atoms with van der Waals surface area (Å²) in [6.45, 7) is 2.15. The number of primary amides is 1. The number of nitrogens with two attached hydrogens (primary N) is 1. The van der Waals surface area contributed by atoms with Crippen LogP contribution < -0.4 is 16.4 Å². The Morgan fingerprint density at radius 1 is 1.22 bits per heavy atom. The van der Waals surface area contributed by atoms with Gasteiger partial charge in [0.15, 0.2) is 0 Å². The van der Waals surface area contributed by atoms with E-state index in [1.807, 2.05) is 30.3 Å². The summed E-state index contributed by atoms with van der Waals surface area (Å²) in [5, 5.41) is 11.6. The smallest absolute Gasteiger partial charge is 0.253 e. The molecule has 1 aliphatic heterocycles. The lowest BCUT2D eigenvalue weighted by atomic mass is 10.1. The Balaban J connectivity index is 1.62. The summed E-state index contributed by atoms with van der Waals surface area (Å²) >= 11 is 0. The number of aryl methyl sites for hydroxylation is 1. The van der Waals surface area contributed by atoms with E-state index in [0.717, 1.165) is 42.3 Å². The number of aromatic nitrogens is 4. The molecule has 32 heavy (non-hydrogen) atoms. The first kappa shape index (κ1) is 20.1. The van der Waals surface area contributed by atoms with Gasteiger partial charge in [-0.25, -0.2) is 9.37 Å². The molecular formula is C23H22FN7O. The maximum Gasteiger partial charge on any atom is 0.253 e. The van der Waals surface area contributed by atoms with Gasteiger partial charge in [-0.05, 0) is 31.0 Å². The molecular weight excluding hydrogens is 409 g/mol. The van der Waals surface area contributed by atoms with Crippen molar-refractivity contribution in [3.8, 4) is 5.95 Å². The second-order valence-corrected chi connectivity index (χ2v) is 7.72. The second-order valence-electron chi connectivity index (χ2n) is 7.72. The largest absolute Gasteiger partial charge is 0.366 e. The Bertz CT molecular complexity index is 1300. The summed E-state index contributed by atoms with van der Waals surface area (Å²) in [4.78, 5) is 21.3. The van der Waals surface area contributed by atoms with Gasteiger partial charge in [-0.2, -0.15) is 14.8 Å². The first-order valence-electron chi connectivity index (χ1n) is 10.5. The van der Waals surface area contributed by atoms with E-state index >= 15 is 0 Å². The van der Waals surface area contributed by atoms with Crippen molar-refractivity contribution >= 4 is 22.6 Å². The van der Waals surface area contributed by atoms with Gasteiger partial charge in [0.25, 0.3) is 5.95 Å². The van der Waals surface area contributed by atoms with E-state index in [-0.39, 0.29) is 5.56 Å². The highest BCUT2D eigenvalue weighted by Gasteiger charge is 2.20. The molecule has 5 rings (SSSR count). The van der Waals surface area contributed by atoms with Gasteiger partial charge in [-0.15, -0.1) is 0 Å². The van der Waals surface area contributed by atoms with E-state index in [1.54, 1.807) is 0 Å². The van der Waals surface area contributed by atoms with Crippen molar-refractivity contribution in [1.29, 1.82) is 0 Å². The molecule has 0 unspecified atom stereocenters. The van der Waals surface area contributed by atoms with Crippen LogP contribution >= 0.6 is 0 Å². The molecule has 4 aromatic rings. The lowest BCUT2D eigenvalue weighted by molar-refractivity contribution is 0.100. The fourth-order valence-electron chi connectivity index (χ4n) is 3.98. The monoisotopic (exact) mass is 431 g/mol. The van der Waals surface area contributed by atoms with E-state index < -0.39 is 11.7 Å². The Hall–Kier alpha value is -3.85. The van der Waals surface area contributed by atoms with Gasteiger partial charge in [0.2, 0.25) is 5.91 Å². The fraction of sp³-hybridized carbons (Fsp3) is 0.217. The molecule has 162 valence electrons. The molecule has 0 atom stereocenters. The molecule has 2 aromatic heterocycles. The Morgan fingerprint density at radius 2 is 2.06 bits per heavy atom. The number of halogens is 1. The van der Waals surface area contributed by atoms with E-state index in [0.29, 0.717) is 35.8 Å². The third kappa shape index (κ3) is 3.78. The van der Waals surface area contributed by atoms with Crippen molar-refractivity contribution in [3.05, 3.63) is 76.9 Å². The van der Waals surface area contributed by atoms with Crippen LogP contribution in [0.3, 0.4) is 0 Å². The molecule has 8 nitrogen and oxygen atoms in total. The first-order chi connectivity index (χ1) is 15.6. The molecule has 9 heteroatoms. The minimum absolute atomic E-state index is 0.0765. The highest BCUT2D eigenvalue weighted by Crippen LogP contribution is 2.26. The van der Waals surface area contributed by atoms with Gasteiger partial charge in [0, 0.05) is 30.1 Å². The highest BCUT2D eigenvalue weighted by molar-refractivity contribution is 6.05. The van der Waals surface area contributed by atoms with E-state index in [2.05, 4.69) is 15.7 Å². The number of carbonyl (C=O) groups excluding carboxylic acids is 1. The summed E-state index contributed by atoms with van der Waals surface area (Å²) in [6.07, 6.45) is 3.22. The Morgan fingerprint density at radius 3 is 2.88 bits per heavy atom. The van der Waals surface area contributed by atoms with Crippen LogP contribution in [0.1, 0.15) is 33.6 Å². The van der Waals surface area contributed by atoms with Crippen LogP contribution in [0.15, 0.2) is 48.7 Å². The van der Waals surface area contributed by atoms with E-state index in [1.165, 1.54) is 16.9 Å². The van der Waals surface area contributed by atoms with Crippen LogP contribution in [-0.2, 0) is 19.5 Å². The number of anilines is 1. The lowest BCUT2D eigenvalue weighted by Gasteiger charge is -2.15. The van der Waals surface area contributed by atoms with Crippen molar-refractivity contribution in [1.82, 2.24) is 25.1 Å². The van der Waals surface area contributed by atoms with Crippen molar-refractivity contribution < 1.29 is 9.18 Å². The van der Waals surface area contributed by atoms with Crippen molar-refractivity contribution in [2.75, 3.05) is 11.9 Å². The minimum atomic E-state index is -0.715. The topological polar surface area (TPSA) is 111 Å². The first-order valence-corrected chi connectivity index (χ1v) is 10.5. The fourth-order valence-corrected chi connectivity index (χ4v) is 3.98. The van der Waals surface area contributed by atoms with Crippen molar-refractivity contribution in [2.24, 2.45) is 5.73 Å². The number of nitrogens with one attached hydrogen (secondary N) is 2. The zero-order valence-corrected chi connectivity index (χ0v) is 17.3. The average molecular weight is 431 g/mol. The third-order valence-electron chi connectivity index (χ3n) is 5.56. The average Bonchev–Trinajstić information content (AvgIpc) is 3.06. The quantitative estimate of drug-likeness (QED) is 0.448. The number of fused-ring (bicyclic) bond motifs is 2. The van der Waals surface area contributed by atoms with Crippen molar-refractivity contribution in [2.45, 2.75) is 25.9 Å². The molecule has 4 N–H and O–H groups in total. The normalized spacial score (nSPS) is 13.5. The van der Waals surface area contributed by atoms with Gasteiger partial charge >= 0.3 is 0 Å². The summed E-state index contributed by atoms with van der Waals surface area (Å²) in [6, 6.07) is 12.5. The van der Waals surface area contributed by atoms with Gasteiger partial charge in [0.05, 0.1) is 23.0 Å². The summed E-state index contributed by atoms with van der Waals surface area (Å²) in [5.74, 6) is -0.265. The molecule has 1 amide bonds. The van der Waals surface area contributed by atoms with Gasteiger partial charge in [-0.1, -0.05) is 30.3 Å². The maximum absolute atomic E-state index is 14.2. The molecule has 0 radical (unpaired) electrons. The predicted octanol–water partition coefficient (Wildman–Crippen LogP) is 2.70. The second kappa shape index (κ2) is 8.35. The number of nitrogens with zero attached hydrogens (tertiary/aromatic N) is 4. The van der Waals surface area contributed by atoms with Crippen LogP contribution in [-0.4, -0.2) is 32.2 Å². The zero-order chi connectivity index (χ0) is 22.1. The molecule has 2 aromatic carbocycles. The van der Waals surface area contributed by atoms with Gasteiger partial charge in [-0.3, -0.25) is 4.79 Å². The number of hydrogen-bond donors (Lipinski definition) is 3. The number of rotatable bonds is 5. The van der Waals surface area contributed by atoms with Crippen molar-refractivity contribution in [3.63, 3.8) is 0 Å². The SMILES string of the molecule is NC(=O)c1cc(F)cc2c1cnn2-c1nc2c(c(NCc3ccccc3)n1)CNCCC2. The third-order valence-corrected chi connectivity index (χ3v) is 5.56. The summed E-state index contributed by atoms with van der Waals surface area (Å²) < 4.78 is 15.7. The minimum Gasteiger partial charge on any atom is -0.366 e. The van der Waals surface area contributed by atoms with E-state index in [4.69, 9.17) is 15.7 Å². The van der Waals surface area contributed by atoms with Crippen LogP contribution in [0.2, 0.25) is 0 Å². The zero-order valence-electron chi connectivity index (χ0n) is 17.3. The number of carbonyl (C=O) groups is 1. The molecule has 0 aliphatic carbocycles. The summed E-state index contributed by atoms with van der Waals surface area (Å²) in [7, 11) is 0. The van der Waals surface area contributed by atoms with Crippen LogP contribution in [0.25, 0.3) is 16.9 Å². The highest BCUT2D eigenvalue weighted by atomic mass is 19.1. The lowest BCUT2D eigenvalue weighted by Crippen LogP contribution is -2.17. The van der Waals surface area contributed by atoms with Crippen LogP contribution in [0, 0.1) is 5.82 Å². The maximum atomic E-state index is 14.2. The molecule has 0 saturated heterocycles. The predicted molar refractivity (Wildman–Crippen MR) is 119 cm³/mol. The van der Waals surface area contributed by atoms with Gasteiger partial charge < -0.3 is 16.4 Å². The summed E-state index contributed by atoms with van der Waals surface area (Å²) in [5.41, 5.74) is 8.96. The molecule has 0 fully saturated rings. The number of amides is 1. The standard InChI is InChI=1S/C23H22FN7O/c24-15-9-16(21(25)32)17-13-28-31(20(17)10-15)23-29-19-7-4-8-26-12-18(19)22(30-23)27-11-14-5-2-1-3-6-14/h1-3,5-6,9-10,13,26H,4,7-8,11-12H2,(H2,25,32)(H,27,29,30). The van der Waals surface area contributed by atoms with Crippen LogP contribution in [0.4, 0.5) is 10.2 Å². The Kier molecular flexibility index (Phi) is 5.24. The molecule has 0 bridgehead atoms. The van der Waals surface area contributed by atoms with Gasteiger partial charge in [0.1, 0.15) is 11.6 Å². The molecule has 1 aliphatic rings. The van der Waals surface area contributed by atoms with E-state index in [9.17, 15) is 9.18 Å². The van der Waals surface area contributed by atoms with Crippen LogP contribution in [0.5, 0.6) is 0 Å². The molecule has 3 heterocycles. The number of benzene rings is 2.